The highest BCUT2D eigenvalue weighted by atomic mass is 16.3. The summed E-state index contributed by atoms with van der Waals surface area (Å²) < 4.78 is 0. The molecule has 0 saturated heterocycles. The first kappa shape index (κ1) is 15.0. The summed E-state index contributed by atoms with van der Waals surface area (Å²) in [5, 5.41) is 18.8. The molecule has 0 aliphatic carbocycles. The van der Waals surface area contributed by atoms with Crippen LogP contribution in [0.5, 0.6) is 0 Å². The Kier molecular flexibility index (Phi) is 4.21. The maximum atomic E-state index is 9.72. The molecule has 10 N–H and O–H groups in total. The fraction of sp³-hybridized carbons (Fsp3) is 0.200. The van der Waals surface area contributed by atoms with E-state index in [0.29, 0.717) is 39.4 Å². The van der Waals surface area contributed by atoms with Gasteiger partial charge in [0.05, 0.1) is 12.7 Å². The van der Waals surface area contributed by atoms with Crippen LogP contribution in [0.2, 0.25) is 0 Å². The van der Waals surface area contributed by atoms with E-state index in [-0.39, 0.29) is 13.0 Å². The molecule has 1 atom stereocenters. The highest BCUT2D eigenvalue weighted by molar-refractivity contribution is 5.91. The van der Waals surface area contributed by atoms with Crippen LogP contribution in [-0.4, -0.2) is 22.9 Å². The Hall–Kier alpha value is -2.44. The standard InChI is InChI=1S/C15H20N4O2/c16-8-4-11(15-12(17)2-1-3-13(15)18)10(14(19)5-8)6-9(21)7-20/h1-5,9,20-21H,6-7,16-19H2. The van der Waals surface area contributed by atoms with E-state index in [1.54, 1.807) is 30.3 Å². The molecule has 2 aromatic rings. The summed E-state index contributed by atoms with van der Waals surface area (Å²) >= 11 is 0. The minimum Gasteiger partial charge on any atom is -0.399 e. The maximum Gasteiger partial charge on any atom is 0.0812 e. The van der Waals surface area contributed by atoms with Crippen molar-refractivity contribution in [2.75, 3.05) is 29.5 Å². The number of nitrogen functional groups attached to an aromatic ring is 4. The smallest absolute Gasteiger partial charge is 0.0812 e. The van der Waals surface area contributed by atoms with Crippen LogP contribution in [0, 0.1) is 0 Å². The van der Waals surface area contributed by atoms with Crippen molar-refractivity contribution in [3.63, 3.8) is 0 Å². The van der Waals surface area contributed by atoms with Crippen LogP contribution in [0.1, 0.15) is 5.56 Å². The van der Waals surface area contributed by atoms with Crippen molar-refractivity contribution in [2.45, 2.75) is 12.5 Å². The van der Waals surface area contributed by atoms with Crippen LogP contribution in [0.25, 0.3) is 11.1 Å². The minimum atomic E-state index is -0.916. The van der Waals surface area contributed by atoms with Gasteiger partial charge in [0.1, 0.15) is 0 Å². The summed E-state index contributed by atoms with van der Waals surface area (Å²) in [6.07, 6.45) is -0.730. The third kappa shape index (κ3) is 3.01. The quantitative estimate of drug-likeness (QED) is 0.454. The molecule has 0 bridgehead atoms. The number of nitrogens with two attached hydrogens (primary N) is 4. The topological polar surface area (TPSA) is 145 Å². The Labute approximate surface area is 123 Å². The molecule has 2 aromatic carbocycles. The lowest BCUT2D eigenvalue weighted by atomic mass is 9.92. The van der Waals surface area contributed by atoms with E-state index in [4.69, 9.17) is 28.0 Å². The van der Waals surface area contributed by atoms with E-state index in [9.17, 15) is 5.11 Å². The predicted molar refractivity (Wildman–Crippen MR) is 86.3 cm³/mol. The summed E-state index contributed by atoms with van der Waals surface area (Å²) in [7, 11) is 0. The first-order valence-corrected chi connectivity index (χ1v) is 6.55. The van der Waals surface area contributed by atoms with Gasteiger partial charge in [-0.05, 0) is 35.4 Å². The van der Waals surface area contributed by atoms with Gasteiger partial charge in [-0.1, -0.05) is 6.07 Å². The van der Waals surface area contributed by atoms with Crippen LogP contribution in [0.4, 0.5) is 22.7 Å². The Balaban J connectivity index is 2.67. The molecule has 0 saturated carbocycles. The van der Waals surface area contributed by atoms with Crippen LogP contribution in [0.15, 0.2) is 30.3 Å². The largest absolute Gasteiger partial charge is 0.399 e. The fourth-order valence-corrected chi connectivity index (χ4v) is 2.37. The summed E-state index contributed by atoms with van der Waals surface area (Å²) in [4.78, 5) is 0. The zero-order chi connectivity index (χ0) is 15.6. The average Bonchev–Trinajstić information content (AvgIpc) is 2.41. The second-order valence-corrected chi connectivity index (χ2v) is 4.99. The van der Waals surface area contributed by atoms with Crippen molar-refractivity contribution in [3.05, 3.63) is 35.9 Å². The van der Waals surface area contributed by atoms with Crippen LogP contribution < -0.4 is 22.9 Å². The molecule has 1 unspecified atom stereocenters. The molecule has 0 spiro atoms. The summed E-state index contributed by atoms with van der Waals surface area (Å²) in [6, 6.07) is 8.55. The van der Waals surface area contributed by atoms with E-state index < -0.39 is 6.10 Å². The molecule has 0 radical (unpaired) electrons. The summed E-state index contributed by atoms with van der Waals surface area (Å²) in [6.45, 7) is -0.358. The molecular weight excluding hydrogens is 268 g/mol. The Morgan fingerprint density at radius 1 is 0.952 bits per heavy atom. The fourth-order valence-electron chi connectivity index (χ4n) is 2.37. The molecule has 0 aliphatic heterocycles. The van der Waals surface area contributed by atoms with Crippen molar-refractivity contribution in [2.24, 2.45) is 0 Å². The van der Waals surface area contributed by atoms with Gasteiger partial charge in [0.15, 0.2) is 0 Å². The highest BCUT2D eigenvalue weighted by Crippen LogP contribution is 2.38. The van der Waals surface area contributed by atoms with Crippen molar-refractivity contribution in [3.8, 4) is 11.1 Å². The van der Waals surface area contributed by atoms with E-state index >= 15 is 0 Å². The van der Waals surface area contributed by atoms with E-state index in [0.717, 1.165) is 0 Å². The second-order valence-electron chi connectivity index (χ2n) is 4.99. The lowest BCUT2D eigenvalue weighted by molar-refractivity contribution is 0.0957. The Bertz CT molecular complexity index is 638. The summed E-state index contributed by atoms with van der Waals surface area (Å²) in [5.74, 6) is 0. The first-order valence-electron chi connectivity index (χ1n) is 6.55. The van der Waals surface area contributed by atoms with Gasteiger partial charge in [-0.2, -0.15) is 0 Å². The van der Waals surface area contributed by atoms with Gasteiger partial charge in [0.2, 0.25) is 0 Å². The molecule has 6 heteroatoms. The number of hydrogen-bond acceptors (Lipinski definition) is 6. The van der Waals surface area contributed by atoms with Gasteiger partial charge < -0.3 is 33.1 Å². The van der Waals surface area contributed by atoms with Gasteiger partial charge in [-0.3, -0.25) is 0 Å². The lowest BCUT2D eigenvalue weighted by Gasteiger charge is -2.18. The lowest BCUT2D eigenvalue weighted by Crippen LogP contribution is -2.17. The Morgan fingerprint density at radius 2 is 1.57 bits per heavy atom. The molecular formula is C15H20N4O2. The molecule has 2 rings (SSSR count). The molecule has 21 heavy (non-hydrogen) atoms. The number of hydrogen-bond donors (Lipinski definition) is 6. The van der Waals surface area contributed by atoms with E-state index in [1.807, 2.05) is 0 Å². The molecule has 0 aliphatic rings. The number of aliphatic hydroxyl groups is 2. The number of benzene rings is 2. The number of anilines is 4. The maximum absolute atomic E-state index is 9.72. The molecule has 0 amide bonds. The van der Waals surface area contributed by atoms with Crippen molar-refractivity contribution in [1.29, 1.82) is 0 Å². The van der Waals surface area contributed by atoms with Gasteiger partial charge in [0.25, 0.3) is 0 Å². The predicted octanol–water partition coefficient (Wildman–Crippen LogP) is 0.578. The van der Waals surface area contributed by atoms with Crippen molar-refractivity contribution >= 4 is 22.7 Å². The molecule has 0 heterocycles. The van der Waals surface area contributed by atoms with Gasteiger partial charge in [0, 0.05) is 34.7 Å². The van der Waals surface area contributed by atoms with E-state index in [2.05, 4.69) is 0 Å². The van der Waals surface area contributed by atoms with Crippen molar-refractivity contribution in [1.82, 2.24) is 0 Å². The zero-order valence-corrected chi connectivity index (χ0v) is 11.6. The highest BCUT2D eigenvalue weighted by Gasteiger charge is 2.17. The third-order valence-electron chi connectivity index (χ3n) is 3.36. The SMILES string of the molecule is Nc1cc(N)c(CC(O)CO)c(-c2c(N)cccc2N)c1. The van der Waals surface area contributed by atoms with Crippen molar-refractivity contribution < 1.29 is 10.2 Å². The second kappa shape index (κ2) is 5.90. The number of aliphatic hydroxyl groups excluding tert-OH is 2. The minimum absolute atomic E-state index is 0.186. The van der Waals surface area contributed by atoms with Gasteiger partial charge >= 0.3 is 0 Å². The number of rotatable bonds is 4. The van der Waals surface area contributed by atoms with E-state index in [1.165, 1.54) is 0 Å². The normalized spacial score (nSPS) is 12.3. The molecule has 6 nitrogen and oxygen atoms in total. The average molecular weight is 288 g/mol. The summed E-state index contributed by atoms with van der Waals surface area (Å²) in [5.41, 5.74) is 27.8. The molecule has 0 fully saturated rings. The molecule has 112 valence electrons. The first-order chi connectivity index (χ1) is 9.93. The van der Waals surface area contributed by atoms with Crippen LogP contribution in [-0.2, 0) is 6.42 Å². The monoisotopic (exact) mass is 288 g/mol. The van der Waals surface area contributed by atoms with Gasteiger partial charge in [-0.15, -0.1) is 0 Å². The third-order valence-corrected chi connectivity index (χ3v) is 3.36. The van der Waals surface area contributed by atoms with Crippen LogP contribution >= 0.6 is 0 Å². The Morgan fingerprint density at radius 3 is 2.14 bits per heavy atom. The molecule has 0 aromatic heterocycles. The van der Waals surface area contributed by atoms with Gasteiger partial charge in [-0.25, -0.2) is 0 Å². The zero-order valence-electron chi connectivity index (χ0n) is 11.6. The van der Waals surface area contributed by atoms with Crippen LogP contribution in [0.3, 0.4) is 0 Å².